The number of rotatable bonds is 8. The molecular formula is C20H21N3O6. The summed E-state index contributed by atoms with van der Waals surface area (Å²) in [6.07, 6.45) is 0.185. The van der Waals surface area contributed by atoms with Gasteiger partial charge in [-0.25, -0.2) is 9.59 Å². The fourth-order valence-corrected chi connectivity index (χ4v) is 2.52. The van der Waals surface area contributed by atoms with Crippen LogP contribution < -0.4 is 15.4 Å². The molecule has 2 N–H and O–H groups in total. The van der Waals surface area contributed by atoms with Gasteiger partial charge in [0.1, 0.15) is 18.3 Å². The third kappa shape index (κ3) is 7.06. The molecule has 2 amide bonds. The first-order valence-electron chi connectivity index (χ1n) is 8.72. The molecule has 1 unspecified atom stereocenters. The quantitative estimate of drug-likeness (QED) is 0.400. The van der Waals surface area contributed by atoms with Crippen molar-refractivity contribution in [2.45, 2.75) is 25.9 Å². The van der Waals surface area contributed by atoms with Crippen LogP contribution in [0.25, 0.3) is 0 Å². The van der Waals surface area contributed by atoms with Gasteiger partial charge in [0.25, 0.3) is 0 Å². The van der Waals surface area contributed by atoms with E-state index in [1.165, 1.54) is 14.0 Å². The summed E-state index contributed by atoms with van der Waals surface area (Å²) in [5, 5.41) is 7.98. The first kappa shape index (κ1) is 21.5. The Morgan fingerprint density at radius 1 is 1.00 bits per heavy atom. The highest BCUT2D eigenvalue weighted by Gasteiger charge is 2.22. The molecule has 0 aromatic heterocycles. The van der Waals surface area contributed by atoms with Gasteiger partial charge < -0.3 is 20.1 Å². The SMILES string of the molecule is COC(=O)C(Cc1ccc(OC(C)=O)cc1)NC(=O)Nc1ccc(CN=O)cc1. The number of carbonyl (C=O) groups is 3. The van der Waals surface area contributed by atoms with E-state index in [4.69, 9.17) is 9.47 Å². The van der Waals surface area contributed by atoms with Gasteiger partial charge in [-0.05, 0) is 35.4 Å². The number of amides is 2. The van der Waals surface area contributed by atoms with E-state index in [0.29, 0.717) is 11.4 Å². The third-order valence-corrected chi connectivity index (χ3v) is 3.87. The maximum absolute atomic E-state index is 12.3. The lowest BCUT2D eigenvalue weighted by Gasteiger charge is -2.17. The first-order chi connectivity index (χ1) is 13.9. The molecule has 0 aliphatic rings. The van der Waals surface area contributed by atoms with Gasteiger partial charge >= 0.3 is 18.0 Å². The highest BCUT2D eigenvalue weighted by atomic mass is 16.5. The average molecular weight is 399 g/mol. The Kier molecular flexibility index (Phi) is 7.84. The Morgan fingerprint density at radius 2 is 1.62 bits per heavy atom. The molecule has 0 saturated heterocycles. The zero-order valence-corrected chi connectivity index (χ0v) is 16.0. The molecular weight excluding hydrogens is 378 g/mol. The van der Waals surface area contributed by atoms with Gasteiger partial charge in [0.15, 0.2) is 0 Å². The van der Waals surface area contributed by atoms with Crippen molar-refractivity contribution in [3.8, 4) is 5.75 Å². The summed E-state index contributed by atoms with van der Waals surface area (Å²) in [5.74, 6) is -0.648. The number of carbonyl (C=O) groups excluding carboxylic acids is 3. The normalized spacial score (nSPS) is 11.1. The van der Waals surface area contributed by atoms with Crippen molar-refractivity contribution in [2.75, 3.05) is 12.4 Å². The van der Waals surface area contributed by atoms with Crippen LogP contribution in [-0.2, 0) is 27.3 Å². The lowest BCUT2D eigenvalue weighted by atomic mass is 10.1. The van der Waals surface area contributed by atoms with E-state index in [1.54, 1.807) is 48.5 Å². The van der Waals surface area contributed by atoms with Crippen molar-refractivity contribution in [3.05, 3.63) is 64.6 Å². The number of methoxy groups -OCH3 is 1. The Bertz CT molecular complexity index is 865. The second-order valence-electron chi connectivity index (χ2n) is 6.10. The zero-order valence-electron chi connectivity index (χ0n) is 16.0. The number of nitroso groups, excluding NO2 is 1. The number of ether oxygens (including phenoxy) is 2. The van der Waals surface area contributed by atoms with Crippen LogP contribution in [0.3, 0.4) is 0 Å². The summed E-state index contributed by atoms with van der Waals surface area (Å²) in [6, 6.07) is 11.7. The topological polar surface area (TPSA) is 123 Å². The number of hydrogen-bond donors (Lipinski definition) is 2. The lowest BCUT2D eigenvalue weighted by molar-refractivity contribution is -0.142. The number of hydrogen-bond acceptors (Lipinski definition) is 7. The summed E-state index contributed by atoms with van der Waals surface area (Å²) >= 11 is 0. The molecule has 29 heavy (non-hydrogen) atoms. The van der Waals surface area contributed by atoms with Gasteiger partial charge in [-0.15, -0.1) is 0 Å². The van der Waals surface area contributed by atoms with Gasteiger partial charge in [0.05, 0.1) is 7.11 Å². The molecule has 0 bridgehead atoms. The number of esters is 2. The van der Waals surface area contributed by atoms with Gasteiger partial charge in [-0.1, -0.05) is 29.4 Å². The highest BCUT2D eigenvalue weighted by Crippen LogP contribution is 2.15. The van der Waals surface area contributed by atoms with Crippen molar-refractivity contribution in [1.82, 2.24) is 5.32 Å². The minimum Gasteiger partial charge on any atom is -0.467 e. The molecule has 0 saturated carbocycles. The zero-order chi connectivity index (χ0) is 21.2. The predicted molar refractivity (Wildman–Crippen MR) is 105 cm³/mol. The largest absolute Gasteiger partial charge is 0.467 e. The number of urea groups is 1. The molecule has 9 nitrogen and oxygen atoms in total. The number of nitrogens with zero attached hydrogens (tertiary/aromatic N) is 1. The average Bonchev–Trinajstić information content (AvgIpc) is 2.69. The van der Waals surface area contributed by atoms with Gasteiger partial charge in [-0.3, -0.25) is 4.79 Å². The molecule has 0 radical (unpaired) electrons. The van der Waals surface area contributed by atoms with E-state index >= 15 is 0 Å². The lowest BCUT2D eigenvalue weighted by Crippen LogP contribution is -2.45. The van der Waals surface area contributed by atoms with Crippen LogP contribution in [0.5, 0.6) is 5.75 Å². The van der Waals surface area contributed by atoms with Crippen molar-refractivity contribution >= 4 is 23.7 Å². The molecule has 2 rings (SSSR count). The number of benzene rings is 2. The van der Waals surface area contributed by atoms with E-state index in [9.17, 15) is 19.3 Å². The molecule has 2 aromatic carbocycles. The van der Waals surface area contributed by atoms with Crippen LogP contribution in [0.15, 0.2) is 53.7 Å². The second-order valence-corrected chi connectivity index (χ2v) is 6.10. The van der Waals surface area contributed by atoms with Crippen LogP contribution in [0, 0.1) is 4.91 Å². The first-order valence-corrected chi connectivity index (χ1v) is 8.72. The molecule has 0 fully saturated rings. The standard InChI is InChI=1S/C20H21N3O6/c1-13(24)29-17-9-5-14(6-10-17)11-18(19(25)28-2)23-20(26)22-16-7-3-15(4-8-16)12-21-27/h3-10,18H,11-12H2,1-2H3,(H2,22,23,26). The van der Waals surface area contributed by atoms with Crippen LogP contribution in [0.1, 0.15) is 18.1 Å². The molecule has 0 aliphatic carbocycles. The van der Waals surface area contributed by atoms with Crippen LogP contribution in [0.4, 0.5) is 10.5 Å². The summed E-state index contributed by atoms with van der Waals surface area (Å²) < 4.78 is 9.73. The van der Waals surface area contributed by atoms with Crippen LogP contribution in [0.2, 0.25) is 0 Å². The summed E-state index contributed by atoms with van der Waals surface area (Å²) in [7, 11) is 1.23. The minimum absolute atomic E-state index is 0.0487. The van der Waals surface area contributed by atoms with Crippen LogP contribution >= 0.6 is 0 Å². The summed E-state index contributed by atoms with van der Waals surface area (Å²) in [5.41, 5.74) is 1.95. The van der Waals surface area contributed by atoms with E-state index in [2.05, 4.69) is 15.8 Å². The van der Waals surface area contributed by atoms with Gasteiger partial charge in [-0.2, -0.15) is 4.91 Å². The summed E-state index contributed by atoms with van der Waals surface area (Å²) in [4.78, 5) is 45.6. The maximum Gasteiger partial charge on any atom is 0.328 e. The Morgan fingerprint density at radius 3 is 2.17 bits per heavy atom. The molecule has 152 valence electrons. The van der Waals surface area contributed by atoms with Crippen molar-refractivity contribution < 1.29 is 23.9 Å². The maximum atomic E-state index is 12.3. The van der Waals surface area contributed by atoms with Crippen molar-refractivity contribution in [2.24, 2.45) is 5.18 Å². The summed E-state index contributed by atoms with van der Waals surface area (Å²) in [6.45, 7) is 1.35. The molecule has 0 heterocycles. The minimum atomic E-state index is -0.918. The van der Waals surface area contributed by atoms with Gasteiger partial charge in [0.2, 0.25) is 0 Å². The Balaban J connectivity index is 2.00. The molecule has 0 aliphatic heterocycles. The molecule has 2 aromatic rings. The van der Waals surface area contributed by atoms with Crippen LogP contribution in [-0.4, -0.2) is 31.1 Å². The van der Waals surface area contributed by atoms with Crippen molar-refractivity contribution in [1.29, 1.82) is 0 Å². The van der Waals surface area contributed by atoms with E-state index in [-0.39, 0.29) is 13.0 Å². The monoisotopic (exact) mass is 399 g/mol. The molecule has 9 heteroatoms. The second kappa shape index (κ2) is 10.5. The molecule has 1 atom stereocenters. The number of anilines is 1. The van der Waals surface area contributed by atoms with E-state index in [1.807, 2.05) is 0 Å². The van der Waals surface area contributed by atoms with E-state index in [0.717, 1.165) is 11.1 Å². The third-order valence-electron chi connectivity index (χ3n) is 3.87. The number of nitrogens with one attached hydrogen (secondary N) is 2. The highest BCUT2D eigenvalue weighted by molar-refractivity contribution is 5.92. The predicted octanol–water partition coefficient (Wildman–Crippen LogP) is 2.78. The fraction of sp³-hybridized carbons (Fsp3) is 0.250. The Hall–Kier alpha value is -3.75. The fourth-order valence-electron chi connectivity index (χ4n) is 2.52. The van der Waals surface area contributed by atoms with E-state index < -0.39 is 24.0 Å². The van der Waals surface area contributed by atoms with Gasteiger partial charge in [0, 0.05) is 19.0 Å². The smallest absolute Gasteiger partial charge is 0.328 e. The molecule has 0 spiro atoms. The Labute approximate surface area is 167 Å². The van der Waals surface area contributed by atoms with Crippen molar-refractivity contribution in [3.63, 3.8) is 0 Å².